The van der Waals surface area contributed by atoms with Gasteiger partial charge in [0, 0.05) is 20.6 Å². The molecular formula is C15H14BrNOS. The molecule has 0 saturated carbocycles. The van der Waals surface area contributed by atoms with Crippen molar-refractivity contribution in [2.75, 3.05) is 11.6 Å². The Morgan fingerprint density at radius 3 is 2.42 bits per heavy atom. The van der Waals surface area contributed by atoms with Crippen molar-refractivity contribution in [3.05, 3.63) is 58.1 Å². The first-order valence-electron chi connectivity index (χ1n) is 5.81. The van der Waals surface area contributed by atoms with Crippen molar-refractivity contribution in [1.82, 2.24) is 0 Å². The van der Waals surface area contributed by atoms with E-state index in [2.05, 4.69) is 21.2 Å². The Balaban J connectivity index is 2.13. The van der Waals surface area contributed by atoms with Gasteiger partial charge in [-0.05, 0) is 61.2 Å². The molecule has 19 heavy (non-hydrogen) atoms. The van der Waals surface area contributed by atoms with E-state index in [9.17, 15) is 4.79 Å². The molecule has 0 aromatic heterocycles. The van der Waals surface area contributed by atoms with Gasteiger partial charge in [-0.1, -0.05) is 15.9 Å². The highest BCUT2D eigenvalue weighted by Crippen LogP contribution is 2.21. The first-order chi connectivity index (χ1) is 9.10. The van der Waals surface area contributed by atoms with Crippen molar-refractivity contribution in [3.8, 4) is 0 Å². The summed E-state index contributed by atoms with van der Waals surface area (Å²) in [4.78, 5) is 13.2. The molecule has 2 nitrogen and oxygen atoms in total. The van der Waals surface area contributed by atoms with Gasteiger partial charge in [0.25, 0.3) is 5.91 Å². The second-order valence-electron chi connectivity index (χ2n) is 4.15. The highest BCUT2D eigenvalue weighted by Gasteiger charge is 2.06. The van der Waals surface area contributed by atoms with Crippen LogP contribution >= 0.6 is 27.7 Å². The lowest BCUT2D eigenvalue weighted by Gasteiger charge is -2.07. The van der Waals surface area contributed by atoms with E-state index in [1.54, 1.807) is 11.8 Å². The first-order valence-corrected chi connectivity index (χ1v) is 7.83. The lowest BCUT2D eigenvalue weighted by Crippen LogP contribution is -2.11. The van der Waals surface area contributed by atoms with Crippen LogP contribution in [-0.2, 0) is 0 Å². The fourth-order valence-corrected chi connectivity index (χ4v) is 2.32. The summed E-state index contributed by atoms with van der Waals surface area (Å²) in [5, 5.41) is 2.90. The van der Waals surface area contributed by atoms with Crippen LogP contribution in [0, 0.1) is 6.92 Å². The van der Waals surface area contributed by atoms with Crippen molar-refractivity contribution < 1.29 is 4.79 Å². The van der Waals surface area contributed by atoms with Gasteiger partial charge >= 0.3 is 0 Å². The van der Waals surface area contributed by atoms with Gasteiger partial charge in [0.1, 0.15) is 0 Å². The van der Waals surface area contributed by atoms with Crippen molar-refractivity contribution in [2.24, 2.45) is 0 Å². The molecule has 0 bridgehead atoms. The zero-order valence-corrected chi connectivity index (χ0v) is 13.1. The van der Waals surface area contributed by atoms with Crippen LogP contribution in [0.4, 0.5) is 5.69 Å². The third-order valence-corrected chi connectivity index (χ3v) is 4.40. The van der Waals surface area contributed by atoms with E-state index in [1.165, 1.54) is 0 Å². The lowest BCUT2D eigenvalue weighted by molar-refractivity contribution is 0.102. The topological polar surface area (TPSA) is 29.1 Å². The Kier molecular flexibility index (Phi) is 4.66. The number of hydrogen-bond acceptors (Lipinski definition) is 2. The number of halogens is 1. The minimum absolute atomic E-state index is 0.0885. The summed E-state index contributed by atoms with van der Waals surface area (Å²) in [5.41, 5.74) is 2.56. The van der Waals surface area contributed by atoms with Crippen LogP contribution in [0.5, 0.6) is 0 Å². The van der Waals surface area contributed by atoms with Gasteiger partial charge in [0.2, 0.25) is 0 Å². The molecule has 2 rings (SSSR count). The Morgan fingerprint density at radius 2 is 1.84 bits per heavy atom. The van der Waals surface area contributed by atoms with Crippen molar-refractivity contribution in [1.29, 1.82) is 0 Å². The van der Waals surface area contributed by atoms with Crippen LogP contribution in [0.25, 0.3) is 0 Å². The summed E-state index contributed by atoms with van der Waals surface area (Å²) in [6, 6.07) is 13.3. The number of carbonyl (C=O) groups is 1. The summed E-state index contributed by atoms with van der Waals surface area (Å²) >= 11 is 5.10. The van der Waals surface area contributed by atoms with Crippen LogP contribution in [0.1, 0.15) is 15.9 Å². The number of aryl methyl sites for hydroxylation is 1. The normalized spacial score (nSPS) is 10.3. The van der Waals surface area contributed by atoms with Crippen LogP contribution in [0.3, 0.4) is 0 Å². The first kappa shape index (κ1) is 14.2. The second-order valence-corrected chi connectivity index (χ2v) is 5.88. The molecule has 1 N–H and O–H groups in total. The molecule has 2 aromatic carbocycles. The summed E-state index contributed by atoms with van der Waals surface area (Å²) in [6.45, 7) is 1.99. The molecule has 0 heterocycles. The number of anilines is 1. The lowest BCUT2D eigenvalue weighted by atomic mass is 10.2. The van der Waals surface area contributed by atoms with Crippen LogP contribution in [0.15, 0.2) is 51.8 Å². The number of nitrogens with one attached hydrogen (secondary N) is 1. The number of carbonyl (C=O) groups excluding carboxylic acids is 1. The average molecular weight is 336 g/mol. The molecule has 1 amide bonds. The van der Waals surface area contributed by atoms with Gasteiger partial charge in [-0.3, -0.25) is 4.79 Å². The van der Waals surface area contributed by atoms with E-state index in [-0.39, 0.29) is 5.91 Å². The Morgan fingerprint density at radius 1 is 1.16 bits per heavy atom. The molecule has 4 heteroatoms. The van der Waals surface area contributed by atoms with E-state index < -0.39 is 0 Å². The van der Waals surface area contributed by atoms with E-state index in [0.29, 0.717) is 5.56 Å². The zero-order chi connectivity index (χ0) is 13.8. The predicted molar refractivity (Wildman–Crippen MR) is 85.1 cm³/mol. The fraction of sp³-hybridized carbons (Fsp3) is 0.133. The zero-order valence-electron chi connectivity index (χ0n) is 10.7. The maximum absolute atomic E-state index is 12.1. The number of benzene rings is 2. The van der Waals surface area contributed by atoms with Crippen molar-refractivity contribution >= 4 is 39.3 Å². The van der Waals surface area contributed by atoms with Gasteiger partial charge in [-0.15, -0.1) is 11.8 Å². The van der Waals surface area contributed by atoms with Gasteiger partial charge in [-0.2, -0.15) is 0 Å². The quantitative estimate of drug-likeness (QED) is 0.821. The summed E-state index contributed by atoms with van der Waals surface area (Å²) in [6.07, 6.45) is 2.01. The predicted octanol–water partition coefficient (Wildman–Crippen LogP) is 4.73. The largest absolute Gasteiger partial charge is 0.322 e. The van der Waals surface area contributed by atoms with Gasteiger partial charge in [0.05, 0.1) is 0 Å². The molecule has 0 saturated heterocycles. The highest BCUT2D eigenvalue weighted by molar-refractivity contribution is 9.10. The molecule has 0 fully saturated rings. The van der Waals surface area contributed by atoms with Crippen molar-refractivity contribution in [3.63, 3.8) is 0 Å². The van der Waals surface area contributed by atoms with Crippen molar-refractivity contribution in [2.45, 2.75) is 11.8 Å². The number of rotatable bonds is 3. The van der Waals surface area contributed by atoms with Crippen LogP contribution < -0.4 is 5.32 Å². The van der Waals surface area contributed by atoms with Gasteiger partial charge in [-0.25, -0.2) is 0 Å². The molecular weight excluding hydrogens is 322 g/mol. The molecule has 0 unspecified atom stereocenters. The van der Waals surface area contributed by atoms with E-state index in [0.717, 1.165) is 20.6 Å². The van der Waals surface area contributed by atoms with E-state index in [1.807, 2.05) is 55.6 Å². The van der Waals surface area contributed by atoms with Crippen LogP contribution in [-0.4, -0.2) is 12.2 Å². The van der Waals surface area contributed by atoms with E-state index in [4.69, 9.17) is 0 Å². The summed E-state index contributed by atoms with van der Waals surface area (Å²) in [7, 11) is 0. The molecule has 0 radical (unpaired) electrons. The number of amides is 1. The molecule has 0 atom stereocenters. The number of hydrogen-bond donors (Lipinski definition) is 1. The molecule has 0 aliphatic heterocycles. The maximum Gasteiger partial charge on any atom is 0.255 e. The average Bonchev–Trinajstić information content (AvgIpc) is 2.43. The second kappa shape index (κ2) is 6.26. The molecule has 98 valence electrons. The van der Waals surface area contributed by atoms with Gasteiger partial charge < -0.3 is 5.32 Å². The highest BCUT2D eigenvalue weighted by atomic mass is 79.9. The molecule has 0 aliphatic rings. The third-order valence-electron chi connectivity index (χ3n) is 2.77. The minimum Gasteiger partial charge on any atom is -0.322 e. The Hall–Kier alpha value is -1.26. The molecule has 0 spiro atoms. The standard InChI is InChI=1S/C15H14BrNOS/c1-10-9-12(5-8-14(10)16)17-15(18)11-3-6-13(19-2)7-4-11/h3-9H,1-2H3,(H,17,18). The summed E-state index contributed by atoms with van der Waals surface area (Å²) in [5.74, 6) is -0.0885. The van der Waals surface area contributed by atoms with Gasteiger partial charge in [0.15, 0.2) is 0 Å². The Labute approximate surface area is 125 Å². The maximum atomic E-state index is 12.1. The monoisotopic (exact) mass is 335 g/mol. The summed E-state index contributed by atoms with van der Waals surface area (Å²) < 4.78 is 1.04. The third kappa shape index (κ3) is 3.61. The van der Waals surface area contributed by atoms with E-state index >= 15 is 0 Å². The Bertz CT molecular complexity index is 596. The smallest absolute Gasteiger partial charge is 0.255 e. The fourth-order valence-electron chi connectivity index (χ4n) is 1.67. The molecule has 2 aromatic rings. The molecule has 0 aliphatic carbocycles. The minimum atomic E-state index is -0.0885. The van der Waals surface area contributed by atoms with Crippen LogP contribution in [0.2, 0.25) is 0 Å². The number of thioether (sulfide) groups is 1. The SMILES string of the molecule is CSc1ccc(C(=O)Nc2ccc(Br)c(C)c2)cc1.